The lowest BCUT2D eigenvalue weighted by molar-refractivity contribution is 0.304. The zero-order valence-electron chi connectivity index (χ0n) is 8.31. The molecule has 0 aromatic carbocycles. The van der Waals surface area contributed by atoms with E-state index in [1.54, 1.807) is 0 Å². The van der Waals surface area contributed by atoms with Gasteiger partial charge in [0.2, 0.25) is 0 Å². The van der Waals surface area contributed by atoms with Crippen molar-refractivity contribution in [3.63, 3.8) is 0 Å². The fraction of sp³-hybridized carbons (Fsp3) is 1.00. The molecule has 0 amide bonds. The van der Waals surface area contributed by atoms with Gasteiger partial charge >= 0.3 is 0 Å². The van der Waals surface area contributed by atoms with Gasteiger partial charge in [-0.1, -0.05) is 13.8 Å². The second kappa shape index (κ2) is 3.25. The van der Waals surface area contributed by atoms with Gasteiger partial charge in [-0.3, -0.25) is 0 Å². The Bertz CT molecular complexity index is 156. The lowest BCUT2D eigenvalue weighted by atomic mass is 9.83. The number of hydrogen-bond acceptors (Lipinski definition) is 1. The van der Waals surface area contributed by atoms with Crippen LogP contribution in [0.15, 0.2) is 0 Å². The minimum Gasteiger partial charge on any atom is -0.161 e. The molecule has 0 N–H and O–H groups in total. The molecule has 2 unspecified atom stereocenters. The van der Waals surface area contributed by atoms with Gasteiger partial charge in [0.25, 0.3) is 0 Å². The number of rotatable bonds is 1. The highest BCUT2D eigenvalue weighted by molar-refractivity contribution is 7.99. The van der Waals surface area contributed by atoms with Crippen LogP contribution >= 0.6 is 11.8 Å². The lowest BCUT2D eigenvalue weighted by Gasteiger charge is -2.22. The van der Waals surface area contributed by atoms with Gasteiger partial charge in [0.15, 0.2) is 0 Å². The molecule has 1 spiro atoms. The van der Waals surface area contributed by atoms with E-state index >= 15 is 0 Å². The average molecular weight is 184 g/mol. The lowest BCUT2D eigenvalue weighted by Crippen LogP contribution is -2.16. The molecule has 1 saturated carbocycles. The zero-order chi connectivity index (χ0) is 8.60. The van der Waals surface area contributed by atoms with E-state index in [9.17, 15) is 0 Å². The molecule has 0 aromatic heterocycles. The van der Waals surface area contributed by atoms with Crippen molar-refractivity contribution in [3.8, 4) is 0 Å². The third kappa shape index (κ3) is 1.53. The zero-order valence-corrected chi connectivity index (χ0v) is 9.12. The maximum absolute atomic E-state index is 2.39. The van der Waals surface area contributed by atoms with Crippen LogP contribution in [0.4, 0.5) is 0 Å². The van der Waals surface area contributed by atoms with Crippen LogP contribution < -0.4 is 0 Å². The average Bonchev–Trinajstić information content (AvgIpc) is 2.62. The SMILES string of the molecule is CC(C)C1CCC2(CCSC2)C1. The van der Waals surface area contributed by atoms with Crippen molar-refractivity contribution in [3.05, 3.63) is 0 Å². The molecule has 1 saturated heterocycles. The molecule has 2 fully saturated rings. The van der Waals surface area contributed by atoms with E-state index in [1.807, 2.05) is 0 Å². The van der Waals surface area contributed by atoms with Gasteiger partial charge in [-0.25, -0.2) is 0 Å². The molecule has 2 aliphatic rings. The van der Waals surface area contributed by atoms with Crippen molar-refractivity contribution in [2.75, 3.05) is 11.5 Å². The smallest absolute Gasteiger partial charge is 0.00104 e. The Labute approximate surface area is 80.5 Å². The molecule has 0 nitrogen and oxygen atoms in total. The van der Waals surface area contributed by atoms with Crippen LogP contribution in [0.25, 0.3) is 0 Å². The van der Waals surface area contributed by atoms with Crippen molar-refractivity contribution in [1.29, 1.82) is 0 Å². The van der Waals surface area contributed by atoms with E-state index in [2.05, 4.69) is 25.6 Å². The summed E-state index contributed by atoms with van der Waals surface area (Å²) < 4.78 is 0. The predicted molar refractivity (Wildman–Crippen MR) is 56.6 cm³/mol. The molecule has 1 aliphatic carbocycles. The second-order valence-electron chi connectivity index (χ2n) is 5.05. The van der Waals surface area contributed by atoms with Crippen molar-refractivity contribution < 1.29 is 0 Å². The van der Waals surface area contributed by atoms with Crippen LogP contribution in [0.2, 0.25) is 0 Å². The fourth-order valence-corrected chi connectivity index (χ4v) is 4.39. The first-order valence-electron chi connectivity index (χ1n) is 5.30. The summed E-state index contributed by atoms with van der Waals surface area (Å²) in [4.78, 5) is 0. The van der Waals surface area contributed by atoms with Crippen molar-refractivity contribution in [2.45, 2.75) is 39.5 Å². The third-order valence-electron chi connectivity index (χ3n) is 3.87. The molecule has 0 aromatic rings. The van der Waals surface area contributed by atoms with Gasteiger partial charge in [-0.2, -0.15) is 11.8 Å². The van der Waals surface area contributed by atoms with E-state index in [1.165, 1.54) is 37.2 Å². The van der Waals surface area contributed by atoms with E-state index in [0.29, 0.717) is 0 Å². The Morgan fingerprint density at radius 2 is 2.17 bits per heavy atom. The monoisotopic (exact) mass is 184 g/mol. The Morgan fingerprint density at radius 3 is 2.67 bits per heavy atom. The normalized spacial score (nSPS) is 41.8. The van der Waals surface area contributed by atoms with Crippen LogP contribution in [-0.2, 0) is 0 Å². The van der Waals surface area contributed by atoms with Crippen molar-refractivity contribution >= 4 is 11.8 Å². The van der Waals surface area contributed by atoms with Crippen LogP contribution in [-0.4, -0.2) is 11.5 Å². The summed E-state index contributed by atoms with van der Waals surface area (Å²) in [5, 5.41) is 0. The van der Waals surface area contributed by atoms with Crippen molar-refractivity contribution in [1.82, 2.24) is 0 Å². The van der Waals surface area contributed by atoms with E-state index in [0.717, 1.165) is 17.3 Å². The van der Waals surface area contributed by atoms with Gasteiger partial charge in [-0.05, 0) is 54.4 Å². The largest absolute Gasteiger partial charge is 0.161 e. The number of thioether (sulfide) groups is 1. The number of hydrogen-bond donors (Lipinski definition) is 0. The van der Waals surface area contributed by atoms with Crippen LogP contribution in [0.3, 0.4) is 0 Å². The molecule has 0 bridgehead atoms. The highest BCUT2D eigenvalue weighted by Gasteiger charge is 2.41. The molecule has 12 heavy (non-hydrogen) atoms. The van der Waals surface area contributed by atoms with Crippen LogP contribution in [0.1, 0.15) is 39.5 Å². The predicted octanol–water partition coefficient (Wildman–Crippen LogP) is 3.57. The quantitative estimate of drug-likeness (QED) is 0.600. The summed E-state index contributed by atoms with van der Waals surface area (Å²) in [5.41, 5.74) is 0.805. The van der Waals surface area contributed by atoms with Gasteiger partial charge < -0.3 is 0 Å². The molecule has 0 radical (unpaired) electrons. The van der Waals surface area contributed by atoms with Gasteiger partial charge in [0, 0.05) is 0 Å². The first-order valence-corrected chi connectivity index (χ1v) is 6.45. The van der Waals surface area contributed by atoms with E-state index in [4.69, 9.17) is 0 Å². The summed E-state index contributed by atoms with van der Waals surface area (Å²) >= 11 is 2.18. The van der Waals surface area contributed by atoms with Gasteiger partial charge in [-0.15, -0.1) is 0 Å². The Hall–Kier alpha value is 0.350. The van der Waals surface area contributed by atoms with Gasteiger partial charge in [0.1, 0.15) is 0 Å². The summed E-state index contributed by atoms with van der Waals surface area (Å²) in [5.74, 6) is 4.87. The molecule has 2 atom stereocenters. The minimum atomic E-state index is 0.805. The molecule has 1 aliphatic heterocycles. The summed E-state index contributed by atoms with van der Waals surface area (Å²) in [7, 11) is 0. The standard InChI is InChI=1S/C11H20S/c1-9(2)10-3-4-11(7-10)5-6-12-8-11/h9-10H,3-8H2,1-2H3. The third-order valence-corrected chi connectivity index (χ3v) is 5.18. The first kappa shape index (κ1) is 8.93. The van der Waals surface area contributed by atoms with E-state index in [-0.39, 0.29) is 0 Å². The van der Waals surface area contributed by atoms with Crippen LogP contribution in [0.5, 0.6) is 0 Å². The first-order chi connectivity index (χ1) is 5.72. The Kier molecular flexibility index (Phi) is 2.42. The highest BCUT2D eigenvalue weighted by Crippen LogP contribution is 2.52. The molecule has 1 heteroatoms. The molecule has 70 valence electrons. The summed E-state index contributed by atoms with van der Waals surface area (Å²) in [6.07, 6.45) is 6.10. The van der Waals surface area contributed by atoms with E-state index < -0.39 is 0 Å². The second-order valence-corrected chi connectivity index (χ2v) is 6.15. The maximum atomic E-state index is 2.39. The molecular weight excluding hydrogens is 164 g/mol. The summed E-state index contributed by atoms with van der Waals surface area (Å²) in [6, 6.07) is 0. The highest BCUT2D eigenvalue weighted by atomic mass is 32.2. The Balaban J connectivity index is 1.96. The Morgan fingerprint density at radius 1 is 1.33 bits per heavy atom. The molecule has 1 heterocycles. The van der Waals surface area contributed by atoms with Crippen molar-refractivity contribution in [2.24, 2.45) is 17.3 Å². The maximum Gasteiger partial charge on any atom is -0.00104 e. The van der Waals surface area contributed by atoms with Crippen LogP contribution in [0, 0.1) is 17.3 Å². The minimum absolute atomic E-state index is 0.805. The summed E-state index contributed by atoms with van der Waals surface area (Å²) in [6.45, 7) is 4.79. The molecule has 2 rings (SSSR count). The van der Waals surface area contributed by atoms with Gasteiger partial charge in [0.05, 0.1) is 0 Å². The molecular formula is C11H20S. The topological polar surface area (TPSA) is 0 Å². The fourth-order valence-electron chi connectivity index (χ4n) is 2.83.